The highest BCUT2D eigenvalue weighted by molar-refractivity contribution is 5.87. The number of ketones is 1. The Morgan fingerprint density at radius 3 is 2.71 bits per heavy atom. The predicted molar refractivity (Wildman–Crippen MR) is 99.6 cm³/mol. The van der Waals surface area contributed by atoms with Crippen molar-refractivity contribution in [3.8, 4) is 17.2 Å². The molecular weight excluding hydrogens is 364 g/mol. The molecule has 1 aromatic rings. The van der Waals surface area contributed by atoms with Gasteiger partial charge in [0.1, 0.15) is 11.7 Å². The van der Waals surface area contributed by atoms with Gasteiger partial charge in [-0.15, -0.1) is 6.58 Å². The molecule has 6 atom stereocenters. The molecule has 3 aliphatic rings. The number of rotatable bonds is 5. The van der Waals surface area contributed by atoms with E-state index < -0.39 is 29.1 Å². The van der Waals surface area contributed by atoms with Crippen LogP contribution in [0.5, 0.6) is 17.2 Å². The van der Waals surface area contributed by atoms with Gasteiger partial charge >= 0.3 is 0 Å². The zero-order chi connectivity index (χ0) is 20.3. The summed E-state index contributed by atoms with van der Waals surface area (Å²) in [5, 5.41) is 22.3. The Morgan fingerprint density at radius 2 is 2.07 bits per heavy atom. The molecule has 28 heavy (non-hydrogen) atoms. The number of benzene rings is 1. The molecule has 152 valence electrons. The fourth-order valence-corrected chi connectivity index (χ4v) is 5.71. The van der Waals surface area contributed by atoms with Gasteiger partial charge in [0.2, 0.25) is 12.5 Å². The summed E-state index contributed by atoms with van der Waals surface area (Å²) in [4.78, 5) is 12.7. The molecule has 1 aromatic carbocycles. The Bertz CT molecular complexity index is 821. The Hall–Kier alpha value is -2.09. The van der Waals surface area contributed by atoms with E-state index in [9.17, 15) is 15.0 Å². The number of allylic oxidation sites excluding steroid dienone is 1. The number of aliphatic hydroxyl groups is 2. The quantitative estimate of drug-likeness (QED) is 0.741. The highest BCUT2D eigenvalue weighted by Crippen LogP contribution is 2.65. The third-order valence-corrected chi connectivity index (χ3v) is 7.02. The molecule has 0 unspecified atom stereocenters. The van der Waals surface area contributed by atoms with Gasteiger partial charge in [0, 0.05) is 24.9 Å². The Kier molecular flexibility index (Phi) is 4.45. The number of ether oxygens (including phenoxy) is 4. The topological polar surface area (TPSA) is 94.5 Å². The summed E-state index contributed by atoms with van der Waals surface area (Å²) < 4.78 is 22.3. The fourth-order valence-electron chi connectivity index (χ4n) is 5.71. The average molecular weight is 390 g/mol. The van der Waals surface area contributed by atoms with Crippen molar-refractivity contribution in [3.63, 3.8) is 0 Å². The van der Waals surface area contributed by atoms with E-state index in [1.165, 1.54) is 14.2 Å². The third kappa shape index (κ3) is 2.18. The molecule has 2 fully saturated rings. The summed E-state index contributed by atoms with van der Waals surface area (Å²) in [6.07, 6.45) is -0.236. The molecule has 7 nitrogen and oxygen atoms in total. The van der Waals surface area contributed by atoms with E-state index in [4.69, 9.17) is 18.9 Å². The van der Waals surface area contributed by atoms with Gasteiger partial charge in [-0.3, -0.25) is 4.79 Å². The second-order valence-corrected chi connectivity index (χ2v) is 7.96. The number of hydrogen-bond acceptors (Lipinski definition) is 7. The van der Waals surface area contributed by atoms with Crippen LogP contribution in [0.3, 0.4) is 0 Å². The first-order chi connectivity index (χ1) is 13.4. The van der Waals surface area contributed by atoms with Crippen LogP contribution in [0, 0.1) is 11.3 Å². The maximum Gasteiger partial charge on any atom is 0.231 e. The molecule has 1 aliphatic heterocycles. The summed E-state index contributed by atoms with van der Waals surface area (Å²) in [5.41, 5.74) is -1.46. The number of hydrogen-bond donors (Lipinski definition) is 2. The first-order valence-electron chi connectivity index (χ1n) is 9.39. The number of carbonyl (C=O) groups excluding carboxylic acids is 1. The lowest BCUT2D eigenvalue weighted by molar-refractivity contribution is -0.199. The molecule has 1 heterocycles. The summed E-state index contributed by atoms with van der Waals surface area (Å²) in [6, 6.07) is 3.63. The Morgan fingerprint density at radius 1 is 1.32 bits per heavy atom. The molecule has 0 spiro atoms. The van der Waals surface area contributed by atoms with E-state index in [1.807, 2.05) is 19.1 Å². The van der Waals surface area contributed by atoms with Gasteiger partial charge < -0.3 is 29.2 Å². The maximum absolute atomic E-state index is 12.7. The van der Waals surface area contributed by atoms with E-state index in [2.05, 4.69) is 6.58 Å². The van der Waals surface area contributed by atoms with E-state index in [1.54, 1.807) is 6.08 Å². The Balaban J connectivity index is 1.93. The first-order valence-corrected chi connectivity index (χ1v) is 9.39. The van der Waals surface area contributed by atoms with Crippen molar-refractivity contribution >= 4 is 5.78 Å². The lowest BCUT2D eigenvalue weighted by Gasteiger charge is -2.46. The number of aliphatic hydroxyl groups excluding tert-OH is 2. The first kappa shape index (κ1) is 19.2. The van der Waals surface area contributed by atoms with E-state index >= 15 is 0 Å². The monoisotopic (exact) mass is 390 g/mol. The molecular formula is C21H26O7. The van der Waals surface area contributed by atoms with Crippen LogP contribution in [-0.2, 0) is 9.53 Å². The van der Waals surface area contributed by atoms with Gasteiger partial charge in [-0.25, -0.2) is 0 Å². The molecule has 0 radical (unpaired) electrons. The van der Waals surface area contributed by atoms with E-state index in [0.717, 1.165) is 5.56 Å². The van der Waals surface area contributed by atoms with Gasteiger partial charge in [-0.1, -0.05) is 13.0 Å². The minimum atomic E-state index is -1.46. The second-order valence-electron chi connectivity index (χ2n) is 7.96. The van der Waals surface area contributed by atoms with Crippen LogP contribution < -0.4 is 14.2 Å². The van der Waals surface area contributed by atoms with Gasteiger partial charge in [0.15, 0.2) is 17.3 Å². The van der Waals surface area contributed by atoms with Crippen molar-refractivity contribution in [2.75, 3.05) is 21.0 Å². The van der Waals surface area contributed by atoms with Crippen LogP contribution in [0.1, 0.15) is 31.2 Å². The van der Waals surface area contributed by atoms with Crippen LogP contribution >= 0.6 is 0 Å². The van der Waals surface area contributed by atoms with Crippen molar-refractivity contribution in [2.45, 2.75) is 43.5 Å². The van der Waals surface area contributed by atoms with Crippen molar-refractivity contribution < 1.29 is 34.0 Å². The summed E-state index contributed by atoms with van der Waals surface area (Å²) >= 11 is 0. The molecule has 7 heteroatoms. The minimum Gasteiger partial charge on any atom is -0.493 e. The van der Waals surface area contributed by atoms with Crippen LogP contribution in [-0.4, -0.2) is 54.8 Å². The lowest BCUT2D eigenvalue weighted by Crippen LogP contribution is -2.63. The molecule has 4 rings (SSSR count). The molecule has 2 N–H and O–H groups in total. The van der Waals surface area contributed by atoms with Crippen molar-refractivity contribution in [3.05, 3.63) is 30.4 Å². The summed E-state index contributed by atoms with van der Waals surface area (Å²) in [5.74, 6) is 0.588. The molecule has 2 saturated carbocycles. The predicted octanol–water partition coefficient (Wildman–Crippen LogP) is 1.80. The second kappa shape index (κ2) is 6.47. The minimum absolute atomic E-state index is 0.0752. The number of methoxy groups -OCH3 is 2. The molecule has 2 bridgehead atoms. The molecule has 0 saturated heterocycles. The highest BCUT2D eigenvalue weighted by Gasteiger charge is 2.73. The van der Waals surface area contributed by atoms with Crippen LogP contribution in [0.2, 0.25) is 0 Å². The van der Waals surface area contributed by atoms with Crippen molar-refractivity contribution in [1.29, 1.82) is 0 Å². The van der Waals surface area contributed by atoms with Gasteiger partial charge in [-0.2, -0.15) is 0 Å². The van der Waals surface area contributed by atoms with Crippen LogP contribution in [0.25, 0.3) is 0 Å². The zero-order valence-electron chi connectivity index (χ0n) is 16.3. The molecule has 0 aromatic heterocycles. The largest absolute Gasteiger partial charge is 0.493 e. The normalized spacial score (nSPS) is 38.5. The zero-order valence-corrected chi connectivity index (χ0v) is 16.3. The average Bonchev–Trinajstić information content (AvgIpc) is 3.21. The number of fused-ring (bicyclic) bond motifs is 3. The maximum atomic E-state index is 12.7. The van der Waals surface area contributed by atoms with E-state index in [0.29, 0.717) is 23.7 Å². The molecule has 0 amide bonds. The van der Waals surface area contributed by atoms with Gasteiger partial charge in [-0.05, 0) is 30.0 Å². The van der Waals surface area contributed by atoms with E-state index in [-0.39, 0.29) is 24.9 Å². The van der Waals surface area contributed by atoms with Gasteiger partial charge in [0.25, 0.3) is 0 Å². The summed E-state index contributed by atoms with van der Waals surface area (Å²) in [7, 11) is 2.97. The molecule has 2 aliphatic carbocycles. The summed E-state index contributed by atoms with van der Waals surface area (Å²) in [6.45, 7) is 5.90. The number of Topliss-reactive ketones (excluding diaryl/α,β-unsaturated/α-hetero) is 1. The van der Waals surface area contributed by atoms with Crippen molar-refractivity contribution in [1.82, 2.24) is 0 Å². The Labute approximate surface area is 163 Å². The lowest BCUT2D eigenvalue weighted by atomic mass is 9.65. The van der Waals surface area contributed by atoms with Crippen LogP contribution in [0.4, 0.5) is 0 Å². The number of carbonyl (C=O) groups is 1. The third-order valence-electron chi connectivity index (χ3n) is 7.02. The van der Waals surface area contributed by atoms with Gasteiger partial charge in [0.05, 0.1) is 13.2 Å². The fraction of sp³-hybridized carbons (Fsp3) is 0.571. The van der Waals surface area contributed by atoms with Crippen molar-refractivity contribution in [2.24, 2.45) is 11.3 Å². The highest BCUT2D eigenvalue weighted by atomic mass is 16.7. The smallest absolute Gasteiger partial charge is 0.231 e. The SMILES string of the molecule is C=CC[C@@]12CC(=O)[C@H](O)[C@@](OC)([C@H](c3cc(OC)c4c(c3)OCO4)[C@H]1C)[C@@H]2O. The standard InChI is InChI=1S/C21H26O7/c1-5-6-20-9-13(22)18(23)21(26-4,19(20)24)16(11(20)2)12-7-14(25-3)17-15(8-12)27-10-28-17/h5,7-8,11,16,18-19,23-24H,1,6,9-10H2,2-4H3/t11-,16+,18+,19-,20-,21+/m1/s1. The van der Waals surface area contributed by atoms with Crippen LogP contribution in [0.15, 0.2) is 24.8 Å².